The molecule has 0 aliphatic carbocycles. The Kier molecular flexibility index (Phi) is 2.76. The lowest BCUT2D eigenvalue weighted by Gasteiger charge is -1.99. The monoisotopic (exact) mass is 176 g/mol. The smallest absolute Gasteiger partial charge is 0.217 e. The van der Waals surface area contributed by atoms with Crippen molar-refractivity contribution in [3.05, 3.63) is 28.8 Å². The van der Waals surface area contributed by atoms with Gasteiger partial charge in [0.2, 0.25) is 5.95 Å². The molecule has 1 aromatic rings. The first-order chi connectivity index (χ1) is 5.24. The maximum Gasteiger partial charge on any atom is 0.217 e. The maximum atomic E-state index is 12.6. The summed E-state index contributed by atoms with van der Waals surface area (Å²) in [4.78, 5) is 3.35. The first kappa shape index (κ1) is 8.39. The molecule has 0 unspecified atom stereocenters. The number of pyridine rings is 1. The van der Waals surface area contributed by atoms with Crippen LogP contribution >= 0.6 is 11.6 Å². The zero-order valence-corrected chi connectivity index (χ0v) is 6.27. The lowest BCUT2D eigenvalue weighted by molar-refractivity contribution is 0.159. The second kappa shape index (κ2) is 3.61. The van der Waals surface area contributed by atoms with E-state index in [1.807, 2.05) is 5.48 Å². The highest BCUT2D eigenvalue weighted by Gasteiger charge is 2.02. The van der Waals surface area contributed by atoms with E-state index >= 15 is 0 Å². The highest BCUT2D eigenvalue weighted by atomic mass is 35.5. The Hall–Kier alpha value is -0.710. The molecule has 0 amide bonds. The second-order valence-corrected chi connectivity index (χ2v) is 2.37. The minimum Gasteiger partial charge on any atom is -0.316 e. The summed E-state index contributed by atoms with van der Waals surface area (Å²) in [7, 11) is 0. The molecule has 11 heavy (non-hydrogen) atoms. The van der Waals surface area contributed by atoms with Gasteiger partial charge in [-0.15, -0.1) is 0 Å². The standard InChI is InChI=1S/C6H6ClFN2O/c7-5-1-4(2-10-11)6(8)9-3-5/h1,3,10-11H,2H2. The Morgan fingerprint density at radius 2 is 2.45 bits per heavy atom. The Bertz CT molecular complexity index is 256. The molecule has 0 aliphatic heterocycles. The van der Waals surface area contributed by atoms with Crippen molar-refractivity contribution in [3.8, 4) is 0 Å². The van der Waals surface area contributed by atoms with Gasteiger partial charge in [-0.1, -0.05) is 11.6 Å². The lowest BCUT2D eigenvalue weighted by atomic mass is 10.3. The summed E-state index contributed by atoms with van der Waals surface area (Å²) < 4.78 is 12.6. The van der Waals surface area contributed by atoms with Crippen LogP contribution < -0.4 is 5.48 Å². The van der Waals surface area contributed by atoms with Crippen LogP contribution in [0.25, 0.3) is 0 Å². The molecule has 0 saturated heterocycles. The minimum atomic E-state index is -0.629. The fourth-order valence-electron chi connectivity index (χ4n) is 0.674. The molecule has 5 heteroatoms. The third-order valence-corrected chi connectivity index (χ3v) is 1.35. The summed E-state index contributed by atoms with van der Waals surface area (Å²) in [5, 5.41) is 8.59. The number of aromatic nitrogens is 1. The predicted octanol–water partition coefficient (Wildman–Crippen LogP) is 1.35. The van der Waals surface area contributed by atoms with Gasteiger partial charge in [0.25, 0.3) is 0 Å². The van der Waals surface area contributed by atoms with Crippen LogP contribution in [-0.2, 0) is 6.54 Å². The average Bonchev–Trinajstić information content (AvgIpc) is 1.98. The predicted molar refractivity (Wildman–Crippen MR) is 37.8 cm³/mol. The summed E-state index contributed by atoms with van der Waals surface area (Å²) in [6, 6.07) is 1.40. The molecule has 60 valence electrons. The SMILES string of the molecule is ONCc1cc(Cl)cnc1F. The van der Waals surface area contributed by atoms with Gasteiger partial charge in [-0.3, -0.25) is 0 Å². The Labute approximate surface area is 67.8 Å². The Morgan fingerprint density at radius 3 is 3.09 bits per heavy atom. The van der Waals surface area contributed by atoms with E-state index in [1.54, 1.807) is 0 Å². The third-order valence-electron chi connectivity index (χ3n) is 1.15. The van der Waals surface area contributed by atoms with Gasteiger partial charge in [-0.2, -0.15) is 4.39 Å². The van der Waals surface area contributed by atoms with Gasteiger partial charge >= 0.3 is 0 Å². The van der Waals surface area contributed by atoms with Crippen LogP contribution in [0.15, 0.2) is 12.3 Å². The quantitative estimate of drug-likeness (QED) is 0.528. The van der Waals surface area contributed by atoms with Crippen LogP contribution in [0.1, 0.15) is 5.56 Å². The number of hydrogen-bond acceptors (Lipinski definition) is 3. The molecule has 1 aromatic heterocycles. The van der Waals surface area contributed by atoms with Gasteiger partial charge in [-0.05, 0) is 6.07 Å². The van der Waals surface area contributed by atoms with E-state index < -0.39 is 5.95 Å². The molecule has 0 aliphatic rings. The molecule has 0 bridgehead atoms. The van der Waals surface area contributed by atoms with E-state index in [2.05, 4.69) is 4.98 Å². The first-order valence-electron chi connectivity index (χ1n) is 2.91. The molecule has 0 atom stereocenters. The van der Waals surface area contributed by atoms with Gasteiger partial charge in [-0.25, -0.2) is 10.5 Å². The molecule has 0 spiro atoms. The van der Waals surface area contributed by atoms with E-state index in [-0.39, 0.29) is 12.1 Å². The van der Waals surface area contributed by atoms with Gasteiger partial charge in [0.15, 0.2) is 0 Å². The molecule has 1 rings (SSSR count). The highest BCUT2D eigenvalue weighted by molar-refractivity contribution is 6.30. The van der Waals surface area contributed by atoms with Crippen molar-refractivity contribution in [1.29, 1.82) is 0 Å². The number of nitrogens with one attached hydrogen (secondary N) is 1. The summed E-state index contributed by atoms with van der Waals surface area (Å²) in [5.74, 6) is -0.629. The number of hydrogen-bond donors (Lipinski definition) is 2. The Balaban J connectivity index is 2.93. The van der Waals surface area contributed by atoms with E-state index in [4.69, 9.17) is 16.8 Å². The summed E-state index contributed by atoms with van der Waals surface area (Å²) in [6.45, 7) is -0.000602. The maximum absolute atomic E-state index is 12.6. The molecule has 0 fully saturated rings. The van der Waals surface area contributed by atoms with E-state index in [1.165, 1.54) is 12.3 Å². The van der Waals surface area contributed by atoms with E-state index in [0.717, 1.165) is 0 Å². The fourth-order valence-corrected chi connectivity index (χ4v) is 0.854. The molecule has 3 nitrogen and oxygen atoms in total. The van der Waals surface area contributed by atoms with Crippen molar-refractivity contribution >= 4 is 11.6 Å². The molecule has 2 N–H and O–H groups in total. The molecule has 0 radical (unpaired) electrons. The average molecular weight is 177 g/mol. The second-order valence-electron chi connectivity index (χ2n) is 1.94. The normalized spacial score (nSPS) is 10.1. The van der Waals surface area contributed by atoms with Crippen LogP contribution in [0.4, 0.5) is 4.39 Å². The minimum absolute atomic E-state index is 0.000602. The van der Waals surface area contributed by atoms with Crippen molar-refractivity contribution in [1.82, 2.24) is 10.5 Å². The lowest BCUT2D eigenvalue weighted by Crippen LogP contribution is -2.08. The largest absolute Gasteiger partial charge is 0.316 e. The van der Waals surface area contributed by atoms with Crippen molar-refractivity contribution in [2.75, 3.05) is 0 Å². The topological polar surface area (TPSA) is 45.1 Å². The third kappa shape index (κ3) is 2.11. The van der Waals surface area contributed by atoms with Crippen molar-refractivity contribution < 1.29 is 9.60 Å². The molecular formula is C6H6ClFN2O. The molecular weight excluding hydrogens is 171 g/mol. The number of rotatable bonds is 2. The summed E-state index contributed by atoms with van der Waals surface area (Å²) in [6.07, 6.45) is 1.21. The van der Waals surface area contributed by atoms with Crippen LogP contribution in [0.5, 0.6) is 0 Å². The van der Waals surface area contributed by atoms with Gasteiger partial charge in [0, 0.05) is 11.8 Å². The fraction of sp³-hybridized carbons (Fsp3) is 0.167. The number of hydroxylamine groups is 1. The van der Waals surface area contributed by atoms with Crippen molar-refractivity contribution in [2.24, 2.45) is 0 Å². The Morgan fingerprint density at radius 1 is 1.73 bits per heavy atom. The summed E-state index contributed by atoms with van der Waals surface area (Å²) in [5.41, 5.74) is 2.05. The molecule has 1 heterocycles. The highest BCUT2D eigenvalue weighted by Crippen LogP contribution is 2.11. The number of nitrogens with zero attached hydrogens (tertiary/aromatic N) is 1. The van der Waals surface area contributed by atoms with Gasteiger partial charge in [0.05, 0.1) is 11.6 Å². The molecule has 0 saturated carbocycles. The van der Waals surface area contributed by atoms with Crippen LogP contribution in [0.2, 0.25) is 5.02 Å². The van der Waals surface area contributed by atoms with E-state index in [9.17, 15) is 4.39 Å². The molecule has 0 aromatic carbocycles. The van der Waals surface area contributed by atoms with Crippen LogP contribution in [0.3, 0.4) is 0 Å². The van der Waals surface area contributed by atoms with Crippen molar-refractivity contribution in [2.45, 2.75) is 6.54 Å². The zero-order valence-electron chi connectivity index (χ0n) is 5.51. The zero-order chi connectivity index (χ0) is 8.27. The van der Waals surface area contributed by atoms with Gasteiger partial charge in [0.1, 0.15) is 0 Å². The number of halogens is 2. The van der Waals surface area contributed by atoms with E-state index in [0.29, 0.717) is 5.02 Å². The van der Waals surface area contributed by atoms with Crippen LogP contribution in [-0.4, -0.2) is 10.2 Å². The van der Waals surface area contributed by atoms with Gasteiger partial charge < -0.3 is 5.21 Å². The van der Waals surface area contributed by atoms with Crippen molar-refractivity contribution in [3.63, 3.8) is 0 Å². The first-order valence-corrected chi connectivity index (χ1v) is 3.28. The summed E-state index contributed by atoms with van der Waals surface area (Å²) >= 11 is 5.51. The van der Waals surface area contributed by atoms with Crippen LogP contribution in [0, 0.1) is 5.95 Å².